The monoisotopic (exact) mass is 562 g/mol. The van der Waals surface area contributed by atoms with Gasteiger partial charge in [0, 0.05) is 31.3 Å². The van der Waals surface area contributed by atoms with Gasteiger partial charge < -0.3 is 15.4 Å². The van der Waals surface area contributed by atoms with Crippen LogP contribution in [0.3, 0.4) is 0 Å². The molecule has 0 aliphatic carbocycles. The van der Waals surface area contributed by atoms with Crippen molar-refractivity contribution in [1.29, 1.82) is 0 Å². The van der Waals surface area contributed by atoms with Crippen molar-refractivity contribution < 1.29 is 17.9 Å². The average molecular weight is 562 g/mol. The molecule has 32 heavy (non-hydrogen) atoms. The lowest BCUT2D eigenvalue weighted by Gasteiger charge is -2.14. The third-order valence-electron chi connectivity index (χ3n) is 4.39. The van der Waals surface area contributed by atoms with Crippen LogP contribution in [0, 0.1) is 6.92 Å². The minimum Gasteiger partial charge on any atom is -0.484 e. The standard InChI is InChI=1S/C21H25F3N6O.HI/c1-3-25-20(26-10-9-19-29-28-18-6-4-5-11-30(18)19)27-13-16-8-7-15(2)12-17(16)31-14-21(22,23)24;/h4-8,11-12H,3,9-10,13-14H2,1-2H3,(H2,25,26,27);1H. The summed E-state index contributed by atoms with van der Waals surface area (Å²) in [6.45, 7) is 3.78. The number of nitrogens with one attached hydrogen (secondary N) is 2. The van der Waals surface area contributed by atoms with Gasteiger partial charge in [-0.3, -0.25) is 4.40 Å². The van der Waals surface area contributed by atoms with Crippen LogP contribution < -0.4 is 15.4 Å². The number of benzene rings is 1. The molecule has 0 saturated heterocycles. The van der Waals surface area contributed by atoms with Gasteiger partial charge in [-0.2, -0.15) is 13.2 Å². The van der Waals surface area contributed by atoms with Crippen LogP contribution in [0.4, 0.5) is 13.2 Å². The SMILES string of the molecule is CCNC(=NCc1ccc(C)cc1OCC(F)(F)F)NCCc1nnc2ccccn12.I. The van der Waals surface area contributed by atoms with Crippen molar-refractivity contribution in [3.05, 3.63) is 59.5 Å². The summed E-state index contributed by atoms with van der Waals surface area (Å²) >= 11 is 0. The summed E-state index contributed by atoms with van der Waals surface area (Å²) in [7, 11) is 0. The summed E-state index contributed by atoms with van der Waals surface area (Å²) in [5.41, 5.74) is 2.18. The van der Waals surface area contributed by atoms with Gasteiger partial charge in [-0.25, -0.2) is 4.99 Å². The summed E-state index contributed by atoms with van der Waals surface area (Å²) in [6.07, 6.45) is -1.86. The van der Waals surface area contributed by atoms with Crippen molar-refractivity contribution in [2.24, 2.45) is 4.99 Å². The van der Waals surface area contributed by atoms with Crippen LogP contribution in [0.1, 0.15) is 23.9 Å². The van der Waals surface area contributed by atoms with Gasteiger partial charge in [-0.15, -0.1) is 34.2 Å². The predicted octanol–water partition coefficient (Wildman–Crippen LogP) is 3.89. The molecule has 0 atom stereocenters. The van der Waals surface area contributed by atoms with Crippen LogP contribution >= 0.6 is 24.0 Å². The van der Waals surface area contributed by atoms with Crippen molar-refractivity contribution in [2.45, 2.75) is 33.0 Å². The summed E-state index contributed by atoms with van der Waals surface area (Å²) in [4.78, 5) is 4.49. The van der Waals surface area contributed by atoms with Gasteiger partial charge >= 0.3 is 6.18 Å². The zero-order valence-corrected chi connectivity index (χ0v) is 20.1. The number of fused-ring (bicyclic) bond motifs is 1. The Balaban J connectivity index is 0.00000363. The molecule has 0 radical (unpaired) electrons. The lowest BCUT2D eigenvalue weighted by Crippen LogP contribution is -2.38. The van der Waals surface area contributed by atoms with E-state index in [-0.39, 0.29) is 36.3 Å². The summed E-state index contributed by atoms with van der Waals surface area (Å²) in [5, 5.41) is 14.7. The number of pyridine rings is 1. The van der Waals surface area contributed by atoms with E-state index < -0.39 is 12.8 Å². The van der Waals surface area contributed by atoms with Crippen molar-refractivity contribution in [3.63, 3.8) is 0 Å². The van der Waals surface area contributed by atoms with E-state index in [2.05, 4.69) is 25.8 Å². The number of aliphatic imine (C=N–C) groups is 1. The molecule has 0 aliphatic rings. The largest absolute Gasteiger partial charge is 0.484 e. The molecular formula is C21H26F3IN6O. The zero-order chi connectivity index (χ0) is 22.3. The molecule has 7 nitrogen and oxygen atoms in total. The molecule has 1 aromatic carbocycles. The van der Waals surface area contributed by atoms with Crippen LogP contribution in [0.5, 0.6) is 5.75 Å². The van der Waals surface area contributed by atoms with Gasteiger partial charge in [0.05, 0.1) is 6.54 Å². The quantitative estimate of drug-likeness (QED) is 0.248. The van der Waals surface area contributed by atoms with Crippen LogP contribution in [0.15, 0.2) is 47.6 Å². The highest BCUT2D eigenvalue weighted by Gasteiger charge is 2.28. The zero-order valence-electron chi connectivity index (χ0n) is 17.8. The van der Waals surface area contributed by atoms with Crippen molar-refractivity contribution >= 4 is 35.6 Å². The number of halogens is 4. The van der Waals surface area contributed by atoms with Crippen molar-refractivity contribution in [2.75, 3.05) is 19.7 Å². The number of alkyl halides is 3. The maximum atomic E-state index is 12.6. The van der Waals surface area contributed by atoms with Crippen molar-refractivity contribution in [1.82, 2.24) is 25.2 Å². The van der Waals surface area contributed by atoms with E-state index in [1.165, 1.54) is 0 Å². The average Bonchev–Trinajstić information content (AvgIpc) is 3.14. The Morgan fingerprint density at radius 3 is 2.72 bits per heavy atom. The second kappa shape index (κ2) is 11.9. The van der Waals surface area contributed by atoms with E-state index in [1.54, 1.807) is 19.1 Å². The molecule has 0 amide bonds. The molecule has 0 spiro atoms. The first kappa shape index (κ1) is 25.7. The first-order valence-corrected chi connectivity index (χ1v) is 9.95. The molecule has 0 fully saturated rings. The first-order chi connectivity index (χ1) is 14.9. The van der Waals surface area contributed by atoms with Crippen LogP contribution in [-0.2, 0) is 13.0 Å². The molecular weight excluding hydrogens is 536 g/mol. The normalized spacial score (nSPS) is 11.8. The molecule has 0 saturated carbocycles. The summed E-state index contributed by atoms with van der Waals surface area (Å²) in [5.74, 6) is 1.56. The number of hydrogen-bond acceptors (Lipinski definition) is 4. The second-order valence-electron chi connectivity index (χ2n) is 6.93. The molecule has 11 heteroatoms. The number of aryl methyl sites for hydroxylation is 1. The molecule has 3 rings (SSSR count). The van der Waals surface area contributed by atoms with E-state index in [4.69, 9.17) is 4.74 Å². The molecule has 0 unspecified atom stereocenters. The molecule has 2 aromatic heterocycles. The minimum atomic E-state index is -4.40. The summed E-state index contributed by atoms with van der Waals surface area (Å²) in [6, 6.07) is 10.8. The Bertz CT molecular complexity index is 1040. The fourth-order valence-electron chi connectivity index (χ4n) is 2.95. The number of guanidine groups is 1. The van der Waals surface area contributed by atoms with E-state index in [0.717, 1.165) is 17.0 Å². The smallest absolute Gasteiger partial charge is 0.422 e. The van der Waals surface area contributed by atoms with Crippen LogP contribution in [0.25, 0.3) is 5.65 Å². The van der Waals surface area contributed by atoms with Gasteiger partial charge in [-0.05, 0) is 37.6 Å². The Morgan fingerprint density at radius 2 is 1.97 bits per heavy atom. The number of hydrogen-bond donors (Lipinski definition) is 2. The Kier molecular flexibility index (Phi) is 9.54. The molecule has 2 N–H and O–H groups in total. The molecule has 2 heterocycles. The third-order valence-corrected chi connectivity index (χ3v) is 4.39. The Hall–Kier alpha value is -2.57. The fraction of sp³-hybridized carbons (Fsp3) is 0.381. The third kappa shape index (κ3) is 7.53. The minimum absolute atomic E-state index is 0. The molecule has 0 bridgehead atoms. The van der Waals surface area contributed by atoms with Gasteiger partial charge in [0.1, 0.15) is 11.6 Å². The van der Waals surface area contributed by atoms with E-state index >= 15 is 0 Å². The van der Waals surface area contributed by atoms with E-state index in [1.807, 2.05) is 41.8 Å². The number of rotatable bonds is 8. The summed E-state index contributed by atoms with van der Waals surface area (Å²) < 4.78 is 44.6. The fourth-order valence-corrected chi connectivity index (χ4v) is 2.95. The van der Waals surface area contributed by atoms with Crippen LogP contribution in [0.2, 0.25) is 0 Å². The topological polar surface area (TPSA) is 75.8 Å². The highest BCUT2D eigenvalue weighted by atomic mass is 127. The highest BCUT2D eigenvalue weighted by molar-refractivity contribution is 14.0. The van der Waals surface area contributed by atoms with Gasteiger partial charge in [0.15, 0.2) is 18.2 Å². The number of aromatic nitrogens is 3. The highest BCUT2D eigenvalue weighted by Crippen LogP contribution is 2.24. The second-order valence-corrected chi connectivity index (χ2v) is 6.93. The number of ether oxygens (including phenoxy) is 1. The lowest BCUT2D eigenvalue weighted by atomic mass is 10.1. The van der Waals surface area contributed by atoms with Gasteiger partial charge in [0.2, 0.25) is 0 Å². The van der Waals surface area contributed by atoms with E-state index in [0.29, 0.717) is 31.0 Å². The predicted molar refractivity (Wildman–Crippen MR) is 128 cm³/mol. The molecule has 174 valence electrons. The molecule has 3 aromatic rings. The van der Waals surface area contributed by atoms with Crippen molar-refractivity contribution in [3.8, 4) is 5.75 Å². The van der Waals surface area contributed by atoms with Gasteiger partial charge in [0.25, 0.3) is 0 Å². The molecule has 0 aliphatic heterocycles. The van der Waals surface area contributed by atoms with E-state index in [9.17, 15) is 13.2 Å². The maximum Gasteiger partial charge on any atom is 0.422 e. The Labute approximate surface area is 201 Å². The lowest BCUT2D eigenvalue weighted by molar-refractivity contribution is -0.153. The number of nitrogens with zero attached hydrogens (tertiary/aromatic N) is 4. The first-order valence-electron chi connectivity index (χ1n) is 9.95. The maximum absolute atomic E-state index is 12.6. The van der Waals surface area contributed by atoms with Crippen LogP contribution in [-0.4, -0.2) is 46.4 Å². The van der Waals surface area contributed by atoms with Gasteiger partial charge in [-0.1, -0.05) is 18.2 Å². The Morgan fingerprint density at radius 1 is 1.16 bits per heavy atom.